The first kappa shape index (κ1) is 22.0. The first-order valence-electron chi connectivity index (χ1n) is 11.3. The Morgan fingerprint density at radius 1 is 0.833 bits per heavy atom. The topological polar surface area (TPSA) is 124 Å². The van der Waals surface area contributed by atoms with E-state index in [-0.39, 0.29) is 22.5 Å². The first-order chi connectivity index (χ1) is 17.3. The summed E-state index contributed by atoms with van der Waals surface area (Å²) in [5.74, 6) is -5.16. The van der Waals surface area contributed by atoms with Gasteiger partial charge >= 0.3 is 0 Å². The molecule has 0 unspecified atom stereocenters. The largest absolute Gasteiger partial charge is 0.349 e. The fourth-order valence-corrected chi connectivity index (χ4v) is 5.55. The van der Waals surface area contributed by atoms with Gasteiger partial charge in [-0.25, -0.2) is 4.90 Å². The van der Waals surface area contributed by atoms with Crippen LogP contribution in [0.3, 0.4) is 0 Å². The molecule has 3 aromatic carbocycles. The summed E-state index contributed by atoms with van der Waals surface area (Å²) < 4.78 is 6.23. The predicted molar refractivity (Wildman–Crippen MR) is 125 cm³/mol. The van der Waals surface area contributed by atoms with Crippen LogP contribution in [0, 0.1) is 28.9 Å². The van der Waals surface area contributed by atoms with Gasteiger partial charge in [0.25, 0.3) is 5.69 Å². The zero-order valence-corrected chi connectivity index (χ0v) is 18.9. The highest BCUT2D eigenvalue weighted by atomic mass is 16.6. The van der Waals surface area contributed by atoms with Crippen LogP contribution < -0.4 is 4.90 Å². The van der Waals surface area contributed by atoms with Crippen molar-refractivity contribution in [3.8, 4) is 0 Å². The lowest BCUT2D eigenvalue weighted by Gasteiger charge is -2.27. The van der Waals surface area contributed by atoms with E-state index in [0.29, 0.717) is 5.56 Å². The molecule has 36 heavy (non-hydrogen) atoms. The number of nitro benzene ring substituents is 1. The highest BCUT2D eigenvalue weighted by Crippen LogP contribution is 2.57. The number of fused-ring (bicyclic) bond motifs is 3. The number of hydrogen-bond acceptors (Lipinski definition) is 7. The molecule has 1 aliphatic carbocycles. The number of anilines is 1. The summed E-state index contributed by atoms with van der Waals surface area (Å²) in [6.07, 6.45) is -1.02. The van der Waals surface area contributed by atoms with Crippen LogP contribution in [-0.2, 0) is 14.3 Å². The molecule has 3 aliphatic rings. The first-order valence-corrected chi connectivity index (χ1v) is 11.3. The zero-order chi connectivity index (χ0) is 25.4. The molecule has 2 amide bonds. The van der Waals surface area contributed by atoms with Crippen molar-refractivity contribution in [1.82, 2.24) is 0 Å². The second kappa shape index (κ2) is 7.50. The number of non-ortho nitro benzene ring substituents is 1. The number of imide groups is 1. The fourth-order valence-electron chi connectivity index (χ4n) is 5.55. The molecule has 0 bridgehead atoms. The number of carbonyl (C=O) groups excluding carboxylic acids is 4. The maximum absolute atomic E-state index is 13.8. The number of nitro groups is 1. The third kappa shape index (κ3) is 2.74. The van der Waals surface area contributed by atoms with Crippen molar-refractivity contribution >= 4 is 34.8 Å². The molecule has 0 aromatic heterocycles. The zero-order valence-electron chi connectivity index (χ0n) is 18.9. The van der Waals surface area contributed by atoms with Gasteiger partial charge in [0.2, 0.25) is 29.0 Å². The van der Waals surface area contributed by atoms with E-state index in [9.17, 15) is 29.3 Å². The molecule has 3 aromatic rings. The van der Waals surface area contributed by atoms with Crippen molar-refractivity contribution in [2.24, 2.45) is 11.8 Å². The molecule has 6 rings (SSSR count). The van der Waals surface area contributed by atoms with Gasteiger partial charge in [-0.1, -0.05) is 54.1 Å². The molecule has 2 fully saturated rings. The van der Waals surface area contributed by atoms with Gasteiger partial charge in [-0.05, 0) is 24.6 Å². The lowest BCUT2D eigenvalue weighted by atomic mass is 9.77. The van der Waals surface area contributed by atoms with Crippen LogP contribution in [-0.4, -0.2) is 33.9 Å². The van der Waals surface area contributed by atoms with E-state index in [1.165, 1.54) is 36.4 Å². The molecule has 3 atom stereocenters. The molecule has 1 spiro atoms. The van der Waals surface area contributed by atoms with Gasteiger partial charge in [-0.15, -0.1) is 0 Å². The van der Waals surface area contributed by atoms with E-state index in [1.54, 1.807) is 24.3 Å². The second-order valence-electron chi connectivity index (χ2n) is 9.18. The summed E-state index contributed by atoms with van der Waals surface area (Å²) in [6, 6.07) is 18.4. The number of aryl methyl sites for hydroxylation is 1. The van der Waals surface area contributed by atoms with Crippen molar-refractivity contribution in [3.63, 3.8) is 0 Å². The minimum absolute atomic E-state index is 0.123. The van der Waals surface area contributed by atoms with Gasteiger partial charge in [0.05, 0.1) is 28.6 Å². The molecule has 0 saturated carbocycles. The summed E-state index contributed by atoms with van der Waals surface area (Å²) in [4.78, 5) is 66.4. The quantitative estimate of drug-likeness (QED) is 0.242. The number of ketones is 2. The number of hydrogen-bond donors (Lipinski definition) is 0. The van der Waals surface area contributed by atoms with E-state index in [0.717, 1.165) is 10.5 Å². The lowest BCUT2D eigenvalue weighted by molar-refractivity contribution is -0.384. The van der Waals surface area contributed by atoms with Crippen LogP contribution in [0.2, 0.25) is 0 Å². The summed E-state index contributed by atoms with van der Waals surface area (Å²) in [7, 11) is 0. The van der Waals surface area contributed by atoms with Crippen LogP contribution in [0.4, 0.5) is 11.4 Å². The van der Waals surface area contributed by atoms with Crippen LogP contribution in [0.1, 0.15) is 37.9 Å². The van der Waals surface area contributed by atoms with Crippen LogP contribution >= 0.6 is 0 Å². The Kier molecular flexibility index (Phi) is 4.58. The Bertz CT molecular complexity index is 1460. The van der Waals surface area contributed by atoms with E-state index in [1.807, 2.05) is 19.1 Å². The van der Waals surface area contributed by atoms with Crippen LogP contribution in [0.5, 0.6) is 0 Å². The predicted octanol–water partition coefficient (Wildman–Crippen LogP) is 3.60. The van der Waals surface area contributed by atoms with Crippen molar-refractivity contribution in [2.45, 2.75) is 18.6 Å². The van der Waals surface area contributed by atoms with Crippen molar-refractivity contribution in [2.75, 3.05) is 4.90 Å². The summed E-state index contributed by atoms with van der Waals surface area (Å²) in [5.41, 5.74) is -0.406. The molecule has 9 heteroatoms. The average Bonchev–Trinajstić information content (AvgIpc) is 3.44. The van der Waals surface area contributed by atoms with Crippen molar-refractivity contribution < 1.29 is 28.8 Å². The number of Topliss-reactive ketones (excluding diaryl/α,β-unsaturated/α-hetero) is 2. The summed E-state index contributed by atoms with van der Waals surface area (Å²) >= 11 is 0. The minimum atomic E-state index is -2.16. The monoisotopic (exact) mass is 482 g/mol. The highest BCUT2D eigenvalue weighted by molar-refractivity contribution is 6.37. The van der Waals surface area contributed by atoms with Gasteiger partial charge in [0.1, 0.15) is 0 Å². The molecular formula is C27H18N2O7. The lowest BCUT2D eigenvalue weighted by Crippen LogP contribution is -2.51. The maximum Gasteiger partial charge on any atom is 0.269 e. The smallest absolute Gasteiger partial charge is 0.269 e. The third-order valence-corrected chi connectivity index (χ3v) is 7.24. The van der Waals surface area contributed by atoms with Gasteiger partial charge in [-0.2, -0.15) is 0 Å². The van der Waals surface area contributed by atoms with E-state index in [2.05, 4.69) is 0 Å². The Hall–Kier alpha value is -4.50. The molecule has 0 N–H and O–H groups in total. The minimum Gasteiger partial charge on any atom is -0.349 e. The molecule has 178 valence electrons. The molecule has 9 nitrogen and oxygen atoms in total. The fraction of sp³-hybridized carbons (Fsp3) is 0.185. The summed E-state index contributed by atoms with van der Waals surface area (Å²) in [5, 5.41) is 11.1. The Labute approximate surface area is 204 Å². The van der Waals surface area contributed by atoms with Crippen molar-refractivity contribution in [1.29, 1.82) is 0 Å². The molecule has 0 radical (unpaired) electrons. The molecule has 2 heterocycles. The number of carbonyl (C=O) groups is 4. The number of nitrogens with zero attached hydrogens (tertiary/aromatic N) is 2. The van der Waals surface area contributed by atoms with Crippen molar-refractivity contribution in [3.05, 3.63) is 105 Å². The number of rotatable bonds is 3. The standard InChI is InChI=1S/C27H18N2O7/c1-14-6-8-15(9-7-14)22-20-21(27(36-22)23(30)18-4-2-3-5-19(18)24(27)31)26(33)28(25(20)32)16-10-12-17(13-11-16)29(34)35/h2-13,20-22H,1H3/t20-,21+,22-/m0/s1. The maximum atomic E-state index is 13.8. The van der Waals surface area contributed by atoms with Crippen LogP contribution in [0.15, 0.2) is 72.8 Å². The van der Waals surface area contributed by atoms with Crippen LogP contribution in [0.25, 0.3) is 0 Å². The third-order valence-electron chi connectivity index (χ3n) is 7.24. The number of ether oxygens (including phenoxy) is 1. The highest BCUT2D eigenvalue weighted by Gasteiger charge is 2.74. The summed E-state index contributed by atoms with van der Waals surface area (Å²) in [6.45, 7) is 1.89. The second-order valence-corrected chi connectivity index (χ2v) is 9.18. The normalized spacial score (nSPS) is 23.9. The molecule has 2 aliphatic heterocycles. The number of benzene rings is 3. The number of amides is 2. The van der Waals surface area contributed by atoms with E-state index in [4.69, 9.17) is 4.74 Å². The van der Waals surface area contributed by atoms with Gasteiger partial charge in [0.15, 0.2) is 0 Å². The Morgan fingerprint density at radius 2 is 1.42 bits per heavy atom. The Morgan fingerprint density at radius 3 is 1.97 bits per heavy atom. The average molecular weight is 482 g/mol. The molecular weight excluding hydrogens is 464 g/mol. The molecule has 2 saturated heterocycles. The SMILES string of the molecule is Cc1ccc([C@@H]2OC3(C(=O)c4ccccc4C3=O)[C@H]3C(=O)N(c4ccc([N+](=O)[O-])cc4)C(=O)[C@H]23)cc1. The Balaban J connectivity index is 1.51. The van der Waals surface area contributed by atoms with Gasteiger partial charge in [0, 0.05) is 23.3 Å². The van der Waals surface area contributed by atoms with E-state index < -0.39 is 51.8 Å². The van der Waals surface area contributed by atoms with E-state index >= 15 is 0 Å². The van der Waals surface area contributed by atoms with Gasteiger partial charge < -0.3 is 4.74 Å². The van der Waals surface area contributed by atoms with Gasteiger partial charge in [-0.3, -0.25) is 29.3 Å².